The molecule has 0 saturated heterocycles. The van der Waals surface area contributed by atoms with Crippen LogP contribution in [0.25, 0.3) is 0 Å². The third kappa shape index (κ3) is 6.40. The molecule has 1 saturated carbocycles. The molecule has 2 rings (SSSR count). The van der Waals surface area contributed by atoms with Crippen molar-refractivity contribution in [1.29, 1.82) is 0 Å². The molecule has 0 aromatic carbocycles. The summed E-state index contributed by atoms with van der Waals surface area (Å²) in [5.74, 6) is 0.929. The summed E-state index contributed by atoms with van der Waals surface area (Å²) in [5, 5.41) is 11.2. The highest BCUT2D eigenvalue weighted by molar-refractivity contribution is 14.0. The average molecular weight is 476 g/mol. The van der Waals surface area contributed by atoms with E-state index >= 15 is 0 Å². The van der Waals surface area contributed by atoms with Gasteiger partial charge in [-0.15, -0.1) is 24.0 Å². The first kappa shape index (κ1) is 23.2. The Morgan fingerprint density at radius 1 is 1.31 bits per heavy atom. The third-order valence-electron chi connectivity index (χ3n) is 5.53. The third-order valence-corrected chi connectivity index (χ3v) is 5.53. The minimum absolute atomic E-state index is 0. The SMILES string of the molecule is CCNC(=NCC1(CC)CCCC1)NCC(c1cnn(C)c1)N(C)C.I. The lowest BCUT2D eigenvalue weighted by Crippen LogP contribution is -2.42. The largest absolute Gasteiger partial charge is 0.357 e. The number of guanidine groups is 1. The Hall–Kier alpha value is -0.830. The van der Waals surface area contributed by atoms with Gasteiger partial charge in [-0.05, 0) is 45.7 Å². The summed E-state index contributed by atoms with van der Waals surface area (Å²) < 4.78 is 1.86. The molecule has 26 heavy (non-hydrogen) atoms. The number of halogens is 1. The van der Waals surface area contributed by atoms with Crippen molar-refractivity contribution in [1.82, 2.24) is 25.3 Å². The van der Waals surface area contributed by atoms with Gasteiger partial charge >= 0.3 is 0 Å². The van der Waals surface area contributed by atoms with E-state index in [-0.39, 0.29) is 30.0 Å². The van der Waals surface area contributed by atoms with Gasteiger partial charge in [-0.25, -0.2) is 0 Å². The van der Waals surface area contributed by atoms with Crippen LogP contribution in [-0.4, -0.2) is 54.4 Å². The number of likely N-dealkylation sites (N-methyl/N-ethyl adjacent to an activating group) is 1. The number of aliphatic imine (C=N–C) groups is 1. The van der Waals surface area contributed by atoms with E-state index in [2.05, 4.69) is 54.8 Å². The summed E-state index contributed by atoms with van der Waals surface area (Å²) in [6.45, 7) is 7.05. The molecule has 1 aliphatic carbocycles. The van der Waals surface area contributed by atoms with Gasteiger partial charge in [0.05, 0.1) is 12.2 Å². The Kier molecular flexibility index (Phi) is 9.92. The standard InChI is InChI=1S/C19H36N6.HI/c1-6-19(10-8-9-11-19)15-22-18(20-7-2)21-13-17(24(3)4)16-12-23-25(5)14-16;/h12,14,17H,6-11,13,15H2,1-5H3,(H2,20,21,22);1H. The maximum absolute atomic E-state index is 4.92. The summed E-state index contributed by atoms with van der Waals surface area (Å²) in [6.07, 6.45) is 10.6. The number of hydrogen-bond donors (Lipinski definition) is 2. The van der Waals surface area contributed by atoms with E-state index in [1.54, 1.807) is 0 Å². The first-order chi connectivity index (χ1) is 12.0. The number of nitrogens with one attached hydrogen (secondary N) is 2. The highest BCUT2D eigenvalue weighted by atomic mass is 127. The van der Waals surface area contributed by atoms with E-state index in [1.807, 2.05) is 17.9 Å². The van der Waals surface area contributed by atoms with Gasteiger partial charge in [-0.3, -0.25) is 9.67 Å². The van der Waals surface area contributed by atoms with Crippen molar-refractivity contribution in [3.63, 3.8) is 0 Å². The quantitative estimate of drug-likeness (QED) is 0.344. The lowest BCUT2D eigenvalue weighted by atomic mass is 9.84. The van der Waals surface area contributed by atoms with Crippen molar-refractivity contribution in [2.45, 2.75) is 52.0 Å². The van der Waals surface area contributed by atoms with E-state index in [9.17, 15) is 0 Å². The topological polar surface area (TPSA) is 57.5 Å². The molecule has 2 N–H and O–H groups in total. The molecule has 0 amide bonds. The fraction of sp³-hybridized carbons (Fsp3) is 0.789. The van der Waals surface area contributed by atoms with Gasteiger partial charge in [0.2, 0.25) is 0 Å². The van der Waals surface area contributed by atoms with Crippen molar-refractivity contribution < 1.29 is 0 Å². The molecule has 1 heterocycles. The average Bonchev–Trinajstić information content (AvgIpc) is 3.22. The minimum atomic E-state index is 0. The van der Waals surface area contributed by atoms with Crippen molar-refractivity contribution in [3.05, 3.63) is 18.0 Å². The zero-order valence-corrected chi connectivity index (χ0v) is 19.4. The highest BCUT2D eigenvalue weighted by Gasteiger charge is 2.31. The van der Waals surface area contributed by atoms with Crippen LogP contribution in [0.15, 0.2) is 17.4 Å². The van der Waals surface area contributed by atoms with Crippen molar-refractivity contribution >= 4 is 29.9 Å². The maximum atomic E-state index is 4.92. The summed E-state index contributed by atoms with van der Waals surface area (Å²) in [7, 11) is 6.17. The molecular formula is C19H37IN6. The smallest absolute Gasteiger partial charge is 0.191 e. The van der Waals surface area contributed by atoms with Gasteiger partial charge < -0.3 is 15.5 Å². The van der Waals surface area contributed by atoms with Crippen LogP contribution in [0.5, 0.6) is 0 Å². The van der Waals surface area contributed by atoms with Gasteiger partial charge in [0.1, 0.15) is 0 Å². The minimum Gasteiger partial charge on any atom is -0.357 e. The van der Waals surface area contributed by atoms with Crippen molar-refractivity contribution in [3.8, 4) is 0 Å². The molecule has 1 atom stereocenters. The predicted molar refractivity (Wildman–Crippen MR) is 120 cm³/mol. The van der Waals surface area contributed by atoms with E-state index in [4.69, 9.17) is 4.99 Å². The number of nitrogens with zero attached hydrogens (tertiary/aromatic N) is 4. The van der Waals surface area contributed by atoms with Crippen LogP contribution < -0.4 is 10.6 Å². The van der Waals surface area contributed by atoms with E-state index in [1.165, 1.54) is 37.7 Å². The first-order valence-electron chi connectivity index (χ1n) is 9.67. The van der Waals surface area contributed by atoms with Crippen LogP contribution in [0, 0.1) is 5.41 Å². The molecule has 0 bridgehead atoms. The Labute approximate surface area is 176 Å². The van der Waals surface area contributed by atoms with Gasteiger partial charge in [0, 0.05) is 38.4 Å². The Balaban J connectivity index is 0.00000338. The molecule has 1 aromatic heterocycles. The number of hydrogen-bond acceptors (Lipinski definition) is 3. The molecule has 6 nitrogen and oxygen atoms in total. The molecule has 7 heteroatoms. The zero-order chi connectivity index (χ0) is 18.3. The van der Waals surface area contributed by atoms with Crippen molar-refractivity contribution in [2.75, 3.05) is 33.7 Å². The second-order valence-electron chi connectivity index (χ2n) is 7.56. The zero-order valence-electron chi connectivity index (χ0n) is 17.1. The fourth-order valence-corrected chi connectivity index (χ4v) is 3.74. The second-order valence-corrected chi connectivity index (χ2v) is 7.56. The van der Waals surface area contributed by atoms with E-state index < -0.39 is 0 Å². The maximum Gasteiger partial charge on any atom is 0.191 e. The molecule has 0 radical (unpaired) electrons. The van der Waals surface area contributed by atoms with E-state index in [0.29, 0.717) is 5.41 Å². The molecule has 1 aromatic rings. The predicted octanol–water partition coefficient (Wildman–Crippen LogP) is 3.17. The van der Waals surface area contributed by atoms with Gasteiger partial charge in [0.25, 0.3) is 0 Å². The van der Waals surface area contributed by atoms with Crippen LogP contribution in [-0.2, 0) is 7.05 Å². The summed E-state index contributed by atoms with van der Waals surface area (Å²) in [5.41, 5.74) is 1.64. The monoisotopic (exact) mass is 476 g/mol. The Bertz CT molecular complexity index is 548. The normalized spacial score (nSPS) is 17.8. The Morgan fingerprint density at radius 3 is 2.50 bits per heavy atom. The number of aryl methyl sites for hydroxylation is 1. The Morgan fingerprint density at radius 2 is 2.00 bits per heavy atom. The lowest BCUT2D eigenvalue weighted by molar-refractivity contribution is 0.292. The van der Waals surface area contributed by atoms with Gasteiger partial charge in [-0.1, -0.05) is 19.8 Å². The molecule has 1 unspecified atom stereocenters. The first-order valence-corrected chi connectivity index (χ1v) is 9.67. The van der Waals surface area contributed by atoms with Crippen LogP contribution in [0.4, 0.5) is 0 Å². The van der Waals surface area contributed by atoms with Gasteiger partial charge in [-0.2, -0.15) is 5.10 Å². The summed E-state index contributed by atoms with van der Waals surface area (Å²) in [4.78, 5) is 7.14. The summed E-state index contributed by atoms with van der Waals surface area (Å²) >= 11 is 0. The van der Waals surface area contributed by atoms with E-state index in [0.717, 1.165) is 25.6 Å². The number of aromatic nitrogens is 2. The fourth-order valence-electron chi connectivity index (χ4n) is 3.74. The second kappa shape index (κ2) is 11.1. The molecule has 1 aliphatic rings. The van der Waals surface area contributed by atoms with Gasteiger partial charge in [0.15, 0.2) is 5.96 Å². The van der Waals surface area contributed by atoms with Crippen LogP contribution in [0.1, 0.15) is 57.6 Å². The highest BCUT2D eigenvalue weighted by Crippen LogP contribution is 2.41. The molecule has 1 fully saturated rings. The molecule has 0 aliphatic heterocycles. The van der Waals surface area contributed by atoms with Crippen LogP contribution >= 0.6 is 24.0 Å². The van der Waals surface area contributed by atoms with Crippen molar-refractivity contribution in [2.24, 2.45) is 17.5 Å². The van der Waals surface area contributed by atoms with Crippen LogP contribution in [0.2, 0.25) is 0 Å². The van der Waals surface area contributed by atoms with Crippen LogP contribution in [0.3, 0.4) is 0 Å². The molecular weight excluding hydrogens is 439 g/mol. The number of rotatable bonds is 8. The molecule has 150 valence electrons. The molecule has 0 spiro atoms. The lowest BCUT2D eigenvalue weighted by Gasteiger charge is -2.27. The summed E-state index contributed by atoms with van der Waals surface area (Å²) in [6, 6.07) is 0.268.